The van der Waals surface area contributed by atoms with Gasteiger partial charge in [-0.2, -0.15) is 0 Å². The Kier molecular flexibility index (Phi) is 4.30. The van der Waals surface area contributed by atoms with Gasteiger partial charge in [-0.25, -0.2) is 0 Å². The summed E-state index contributed by atoms with van der Waals surface area (Å²) in [6, 6.07) is 0.589. The van der Waals surface area contributed by atoms with Crippen molar-refractivity contribution in [2.75, 3.05) is 19.6 Å². The standard InChI is InChI=1S/C14H23N5O/c20-14(18-8-3-4-9-18)13-11-19(17-16-13)10-6-12-5-1-2-7-15-12/h11-12,15H,1-10H2. The van der Waals surface area contributed by atoms with E-state index in [9.17, 15) is 4.79 Å². The van der Waals surface area contributed by atoms with Gasteiger partial charge in [-0.15, -0.1) is 5.10 Å². The number of nitrogens with one attached hydrogen (secondary N) is 1. The highest BCUT2D eigenvalue weighted by Gasteiger charge is 2.22. The third-order valence-electron chi connectivity index (χ3n) is 4.27. The molecule has 2 aliphatic rings. The fraction of sp³-hybridized carbons (Fsp3) is 0.786. The van der Waals surface area contributed by atoms with Crippen molar-refractivity contribution in [1.82, 2.24) is 25.2 Å². The molecule has 20 heavy (non-hydrogen) atoms. The molecule has 3 rings (SSSR count). The fourth-order valence-corrected chi connectivity index (χ4v) is 3.05. The lowest BCUT2D eigenvalue weighted by molar-refractivity contribution is 0.0787. The number of nitrogens with zero attached hydrogens (tertiary/aromatic N) is 4. The van der Waals surface area contributed by atoms with E-state index in [1.165, 1.54) is 19.3 Å². The molecule has 0 saturated carbocycles. The van der Waals surface area contributed by atoms with E-state index >= 15 is 0 Å². The van der Waals surface area contributed by atoms with Crippen LogP contribution in [0.5, 0.6) is 0 Å². The van der Waals surface area contributed by atoms with Gasteiger partial charge in [-0.05, 0) is 38.6 Å². The van der Waals surface area contributed by atoms with Crippen LogP contribution >= 0.6 is 0 Å². The first kappa shape index (κ1) is 13.5. The van der Waals surface area contributed by atoms with Gasteiger partial charge in [0.2, 0.25) is 0 Å². The topological polar surface area (TPSA) is 63.1 Å². The Morgan fingerprint density at radius 2 is 2.15 bits per heavy atom. The highest BCUT2D eigenvalue weighted by Crippen LogP contribution is 2.13. The Morgan fingerprint density at radius 1 is 1.30 bits per heavy atom. The zero-order valence-corrected chi connectivity index (χ0v) is 11.9. The Bertz CT molecular complexity index is 446. The molecule has 0 bridgehead atoms. The third-order valence-corrected chi connectivity index (χ3v) is 4.27. The van der Waals surface area contributed by atoms with Gasteiger partial charge >= 0.3 is 0 Å². The van der Waals surface area contributed by atoms with Crippen molar-refractivity contribution in [3.63, 3.8) is 0 Å². The van der Waals surface area contributed by atoms with Gasteiger partial charge in [0.1, 0.15) is 0 Å². The third kappa shape index (κ3) is 3.17. The van der Waals surface area contributed by atoms with Crippen molar-refractivity contribution in [2.45, 2.75) is 51.1 Å². The van der Waals surface area contributed by atoms with Gasteiger partial charge in [0.25, 0.3) is 5.91 Å². The minimum atomic E-state index is 0.0320. The van der Waals surface area contributed by atoms with Crippen molar-refractivity contribution in [1.29, 1.82) is 0 Å². The minimum Gasteiger partial charge on any atom is -0.337 e. The van der Waals surface area contributed by atoms with Crippen molar-refractivity contribution in [3.05, 3.63) is 11.9 Å². The summed E-state index contributed by atoms with van der Waals surface area (Å²) in [6.45, 7) is 3.67. The van der Waals surface area contributed by atoms with Crippen LogP contribution in [-0.2, 0) is 6.54 Å². The molecule has 0 spiro atoms. The van der Waals surface area contributed by atoms with E-state index in [-0.39, 0.29) is 5.91 Å². The zero-order valence-electron chi connectivity index (χ0n) is 11.9. The van der Waals surface area contributed by atoms with Crippen LogP contribution in [0.3, 0.4) is 0 Å². The van der Waals surface area contributed by atoms with E-state index in [0.29, 0.717) is 11.7 Å². The van der Waals surface area contributed by atoms with Crippen molar-refractivity contribution in [3.8, 4) is 0 Å². The first-order chi connectivity index (χ1) is 9.83. The Labute approximate surface area is 119 Å². The second kappa shape index (κ2) is 6.35. The van der Waals surface area contributed by atoms with Gasteiger partial charge in [0.15, 0.2) is 5.69 Å². The van der Waals surface area contributed by atoms with E-state index < -0.39 is 0 Å². The molecule has 2 saturated heterocycles. The Morgan fingerprint density at radius 3 is 2.90 bits per heavy atom. The van der Waals surface area contributed by atoms with Crippen LogP contribution in [0.2, 0.25) is 0 Å². The number of carbonyl (C=O) groups is 1. The number of likely N-dealkylation sites (tertiary alicyclic amines) is 1. The summed E-state index contributed by atoms with van der Waals surface area (Å²) in [5.74, 6) is 0.0320. The lowest BCUT2D eigenvalue weighted by Crippen LogP contribution is -2.34. The SMILES string of the molecule is O=C(c1cn(CCC2CCCCN2)nn1)N1CCCC1. The average molecular weight is 277 g/mol. The smallest absolute Gasteiger partial charge is 0.276 e. The molecular weight excluding hydrogens is 254 g/mol. The number of aryl methyl sites for hydroxylation is 1. The molecule has 1 atom stereocenters. The van der Waals surface area contributed by atoms with Crippen LogP contribution < -0.4 is 5.32 Å². The Hall–Kier alpha value is -1.43. The first-order valence-electron chi connectivity index (χ1n) is 7.76. The number of hydrogen-bond donors (Lipinski definition) is 1. The summed E-state index contributed by atoms with van der Waals surface area (Å²) in [7, 11) is 0. The lowest BCUT2D eigenvalue weighted by Gasteiger charge is -2.23. The number of hydrogen-bond acceptors (Lipinski definition) is 4. The maximum Gasteiger partial charge on any atom is 0.276 e. The second-order valence-electron chi connectivity index (χ2n) is 5.80. The number of aromatic nitrogens is 3. The quantitative estimate of drug-likeness (QED) is 0.893. The maximum atomic E-state index is 12.2. The monoisotopic (exact) mass is 277 g/mol. The van der Waals surface area contributed by atoms with Crippen LogP contribution in [0.4, 0.5) is 0 Å². The van der Waals surface area contributed by atoms with Crippen LogP contribution in [0.15, 0.2) is 6.20 Å². The molecule has 0 aliphatic carbocycles. The normalized spacial score (nSPS) is 23.2. The molecule has 2 fully saturated rings. The largest absolute Gasteiger partial charge is 0.337 e. The van der Waals surface area contributed by atoms with Crippen LogP contribution in [0, 0.1) is 0 Å². The molecular formula is C14H23N5O. The molecule has 6 heteroatoms. The summed E-state index contributed by atoms with van der Waals surface area (Å²) in [6.07, 6.45) is 8.90. The molecule has 1 aromatic heterocycles. The summed E-state index contributed by atoms with van der Waals surface area (Å²) in [5.41, 5.74) is 0.489. The first-order valence-corrected chi connectivity index (χ1v) is 7.76. The molecule has 2 aliphatic heterocycles. The van der Waals surface area contributed by atoms with Crippen LogP contribution in [0.25, 0.3) is 0 Å². The molecule has 1 unspecified atom stereocenters. The van der Waals surface area contributed by atoms with Gasteiger partial charge in [-0.3, -0.25) is 9.48 Å². The summed E-state index contributed by atoms with van der Waals surface area (Å²) < 4.78 is 1.81. The van der Waals surface area contributed by atoms with Gasteiger partial charge in [-0.1, -0.05) is 11.6 Å². The van der Waals surface area contributed by atoms with Gasteiger partial charge < -0.3 is 10.2 Å². The number of piperidine rings is 1. The predicted octanol–water partition coefficient (Wildman–Crippen LogP) is 1.05. The van der Waals surface area contributed by atoms with Crippen LogP contribution in [-0.4, -0.2) is 51.5 Å². The minimum absolute atomic E-state index is 0.0320. The zero-order chi connectivity index (χ0) is 13.8. The summed E-state index contributed by atoms with van der Waals surface area (Å²) >= 11 is 0. The van der Waals surface area contributed by atoms with E-state index in [1.807, 2.05) is 4.90 Å². The number of carbonyl (C=O) groups excluding carboxylic acids is 1. The molecule has 110 valence electrons. The van der Waals surface area contributed by atoms with E-state index in [1.54, 1.807) is 10.9 Å². The highest BCUT2D eigenvalue weighted by atomic mass is 16.2. The number of amides is 1. The molecule has 3 heterocycles. The second-order valence-corrected chi connectivity index (χ2v) is 5.80. The van der Waals surface area contributed by atoms with E-state index in [2.05, 4.69) is 15.6 Å². The van der Waals surface area contributed by atoms with Crippen LogP contribution in [0.1, 0.15) is 49.0 Å². The fourth-order valence-electron chi connectivity index (χ4n) is 3.05. The van der Waals surface area contributed by atoms with E-state index in [4.69, 9.17) is 0 Å². The predicted molar refractivity (Wildman–Crippen MR) is 75.4 cm³/mol. The van der Waals surface area contributed by atoms with Gasteiger partial charge in [0, 0.05) is 25.7 Å². The molecule has 1 N–H and O–H groups in total. The van der Waals surface area contributed by atoms with Crippen molar-refractivity contribution < 1.29 is 4.79 Å². The maximum absolute atomic E-state index is 12.2. The number of rotatable bonds is 4. The molecule has 0 radical (unpaired) electrons. The molecule has 1 amide bonds. The van der Waals surface area contributed by atoms with Crippen molar-refractivity contribution in [2.24, 2.45) is 0 Å². The molecule has 0 aromatic carbocycles. The average Bonchev–Trinajstić information content (AvgIpc) is 3.17. The molecule has 6 nitrogen and oxygen atoms in total. The Balaban J connectivity index is 1.52. The van der Waals surface area contributed by atoms with Crippen molar-refractivity contribution >= 4 is 5.91 Å². The molecule has 1 aromatic rings. The van der Waals surface area contributed by atoms with E-state index in [0.717, 1.165) is 45.4 Å². The van der Waals surface area contributed by atoms with Gasteiger partial charge in [0.05, 0.1) is 6.20 Å². The summed E-state index contributed by atoms with van der Waals surface area (Å²) in [4.78, 5) is 14.0. The summed E-state index contributed by atoms with van der Waals surface area (Å²) in [5, 5.41) is 11.6. The lowest BCUT2D eigenvalue weighted by atomic mass is 10.0. The highest BCUT2D eigenvalue weighted by molar-refractivity contribution is 5.92.